The van der Waals surface area contributed by atoms with E-state index in [9.17, 15) is 5.11 Å². The van der Waals surface area contributed by atoms with Crippen LogP contribution in [0.4, 0.5) is 0 Å². The second-order valence-corrected chi connectivity index (χ2v) is 4.32. The molecule has 0 fully saturated rings. The van der Waals surface area contributed by atoms with Gasteiger partial charge in [-0.3, -0.25) is 0 Å². The van der Waals surface area contributed by atoms with E-state index in [1.165, 1.54) is 0 Å². The molecule has 96 valence electrons. The molecule has 3 aromatic rings. The predicted octanol–water partition coefficient (Wildman–Crippen LogP) is 2.65. The molecule has 1 aromatic carbocycles. The van der Waals surface area contributed by atoms with Gasteiger partial charge in [-0.1, -0.05) is 12.1 Å². The van der Waals surface area contributed by atoms with Crippen LogP contribution in [0.25, 0.3) is 11.0 Å². The number of rotatable bonds is 3. The minimum Gasteiger partial charge on any atom is -0.497 e. The molecule has 19 heavy (non-hydrogen) atoms. The minimum absolute atomic E-state index is 0.677. The quantitative estimate of drug-likeness (QED) is 0.755. The summed E-state index contributed by atoms with van der Waals surface area (Å²) in [5.74, 6) is 0.775. The van der Waals surface area contributed by atoms with E-state index in [0.29, 0.717) is 0 Å². The van der Waals surface area contributed by atoms with Crippen LogP contribution in [-0.2, 0) is 0 Å². The number of aliphatic hydroxyl groups excluding tert-OH is 1. The summed E-state index contributed by atoms with van der Waals surface area (Å²) in [6.45, 7) is 0. The van der Waals surface area contributed by atoms with Gasteiger partial charge in [-0.05, 0) is 29.8 Å². The highest BCUT2D eigenvalue weighted by atomic mass is 16.5. The van der Waals surface area contributed by atoms with Gasteiger partial charge in [0.15, 0.2) is 0 Å². The topological polar surface area (TPSA) is 58.1 Å². The molecule has 0 saturated heterocycles. The molecule has 1 atom stereocenters. The number of hydrogen-bond donors (Lipinski definition) is 2. The van der Waals surface area contributed by atoms with Gasteiger partial charge in [0, 0.05) is 23.3 Å². The lowest BCUT2D eigenvalue weighted by atomic mass is 10.0. The Bertz CT molecular complexity index is 689. The van der Waals surface area contributed by atoms with Crippen molar-refractivity contribution in [2.75, 3.05) is 7.11 Å². The van der Waals surface area contributed by atoms with Gasteiger partial charge in [0.05, 0.1) is 7.11 Å². The van der Waals surface area contributed by atoms with Crippen LogP contribution >= 0.6 is 0 Å². The molecule has 0 radical (unpaired) electrons. The number of aliphatic hydroxyl groups is 1. The predicted molar refractivity (Wildman–Crippen MR) is 73.1 cm³/mol. The summed E-state index contributed by atoms with van der Waals surface area (Å²) in [5, 5.41) is 11.4. The van der Waals surface area contributed by atoms with Crippen LogP contribution < -0.4 is 4.74 Å². The lowest BCUT2D eigenvalue weighted by Gasteiger charge is -2.10. The van der Waals surface area contributed by atoms with Gasteiger partial charge in [-0.25, -0.2) is 4.98 Å². The Hall–Kier alpha value is -2.33. The summed E-state index contributed by atoms with van der Waals surface area (Å²) >= 11 is 0. The summed E-state index contributed by atoms with van der Waals surface area (Å²) in [5.41, 5.74) is 2.43. The standard InChI is InChI=1S/C15H14N2O2/c1-19-11-6-4-10(5-7-11)14(18)13-9-17-15-12(13)3-2-8-16-15/h2-9,14,18H,1H3,(H,16,17). The molecule has 0 aliphatic heterocycles. The minimum atomic E-state index is -0.677. The Labute approximate surface area is 110 Å². The Kier molecular flexibility index (Phi) is 2.93. The summed E-state index contributed by atoms with van der Waals surface area (Å²) in [4.78, 5) is 7.28. The van der Waals surface area contributed by atoms with Gasteiger partial charge in [-0.2, -0.15) is 0 Å². The number of nitrogens with one attached hydrogen (secondary N) is 1. The molecular formula is C15H14N2O2. The number of aromatic nitrogens is 2. The molecule has 0 spiro atoms. The third-order valence-corrected chi connectivity index (χ3v) is 3.21. The number of hydrogen-bond acceptors (Lipinski definition) is 3. The molecule has 0 saturated carbocycles. The lowest BCUT2D eigenvalue weighted by molar-refractivity contribution is 0.222. The maximum atomic E-state index is 10.5. The number of methoxy groups -OCH3 is 1. The van der Waals surface area contributed by atoms with E-state index in [2.05, 4.69) is 9.97 Å². The zero-order chi connectivity index (χ0) is 13.2. The van der Waals surface area contributed by atoms with E-state index in [1.807, 2.05) is 36.4 Å². The van der Waals surface area contributed by atoms with Crippen molar-refractivity contribution in [3.63, 3.8) is 0 Å². The van der Waals surface area contributed by atoms with Crippen molar-refractivity contribution in [3.05, 3.63) is 59.9 Å². The van der Waals surface area contributed by atoms with Gasteiger partial charge in [0.1, 0.15) is 17.5 Å². The number of nitrogens with zero attached hydrogens (tertiary/aromatic N) is 1. The van der Waals surface area contributed by atoms with Crippen LogP contribution in [0.1, 0.15) is 17.2 Å². The largest absolute Gasteiger partial charge is 0.497 e. The maximum Gasteiger partial charge on any atom is 0.137 e. The Morgan fingerprint density at radius 3 is 2.74 bits per heavy atom. The molecule has 3 rings (SSSR count). The van der Waals surface area contributed by atoms with Crippen LogP contribution in [-0.4, -0.2) is 22.2 Å². The molecule has 1 unspecified atom stereocenters. The van der Waals surface area contributed by atoms with Crippen molar-refractivity contribution < 1.29 is 9.84 Å². The molecule has 2 heterocycles. The lowest BCUT2D eigenvalue weighted by Crippen LogP contribution is -1.98. The smallest absolute Gasteiger partial charge is 0.137 e. The van der Waals surface area contributed by atoms with Gasteiger partial charge in [-0.15, -0.1) is 0 Å². The summed E-state index contributed by atoms with van der Waals surface area (Å²) in [7, 11) is 1.62. The first-order chi connectivity index (χ1) is 9.29. The van der Waals surface area contributed by atoms with E-state index < -0.39 is 6.10 Å². The number of fused-ring (bicyclic) bond motifs is 1. The molecule has 0 amide bonds. The Morgan fingerprint density at radius 1 is 1.21 bits per heavy atom. The Morgan fingerprint density at radius 2 is 2.00 bits per heavy atom. The highest BCUT2D eigenvalue weighted by Crippen LogP contribution is 2.28. The fraction of sp³-hybridized carbons (Fsp3) is 0.133. The average molecular weight is 254 g/mol. The van der Waals surface area contributed by atoms with Crippen LogP contribution in [0.5, 0.6) is 5.75 Å². The first-order valence-electron chi connectivity index (χ1n) is 6.03. The zero-order valence-corrected chi connectivity index (χ0v) is 10.5. The van der Waals surface area contributed by atoms with E-state index >= 15 is 0 Å². The second kappa shape index (κ2) is 4.74. The molecular weight excluding hydrogens is 240 g/mol. The fourth-order valence-electron chi connectivity index (χ4n) is 2.17. The first kappa shape index (κ1) is 11.7. The monoisotopic (exact) mass is 254 g/mol. The van der Waals surface area contributed by atoms with E-state index in [-0.39, 0.29) is 0 Å². The third kappa shape index (κ3) is 2.06. The van der Waals surface area contributed by atoms with Gasteiger partial charge < -0.3 is 14.8 Å². The number of aromatic amines is 1. The molecule has 0 aliphatic rings. The van der Waals surface area contributed by atoms with E-state index in [1.54, 1.807) is 19.5 Å². The molecule has 2 N–H and O–H groups in total. The number of ether oxygens (including phenoxy) is 1. The van der Waals surface area contributed by atoms with Crippen molar-refractivity contribution in [2.45, 2.75) is 6.10 Å². The molecule has 4 heteroatoms. The van der Waals surface area contributed by atoms with Gasteiger partial charge in [0.2, 0.25) is 0 Å². The van der Waals surface area contributed by atoms with Crippen molar-refractivity contribution in [1.82, 2.24) is 9.97 Å². The van der Waals surface area contributed by atoms with Gasteiger partial charge in [0.25, 0.3) is 0 Å². The summed E-state index contributed by atoms with van der Waals surface area (Å²) < 4.78 is 5.11. The van der Waals surface area contributed by atoms with Crippen molar-refractivity contribution in [1.29, 1.82) is 0 Å². The highest BCUT2D eigenvalue weighted by molar-refractivity contribution is 5.80. The number of pyridine rings is 1. The molecule has 4 nitrogen and oxygen atoms in total. The maximum absolute atomic E-state index is 10.5. The van der Waals surface area contributed by atoms with Gasteiger partial charge >= 0.3 is 0 Å². The van der Waals surface area contributed by atoms with Crippen LogP contribution in [0.2, 0.25) is 0 Å². The van der Waals surface area contributed by atoms with Crippen molar-refractivity contribution in [2.24, 2.45) is 0 Å². The van der Waals surface area contributed by atoms with E-state index in [4.69, 9.17) is 4.74 Å². The van der Waals surface area contributed by atoms with Crippen LogP contribution in [0, 0.1) is 0 Å². The number of benzene rings is 1. The first-order valence-corrected chi connectivity index (χ1v) is 6.03. The van der Waals surface area contributed by atoms with E-state index in [0.717, 1.165) is 27.9 Å². The SMILES string of the molecule is COc1ccc(C(O)c2c[nH]c3ncccc23)cc1. The van der Waals surface area contributed by atoms with Crippen molar-refractivity contribution >= 4 is 11.0 Å². The highest BCUT2D eigenvalue weighted by Gasteiger charge is 2.15. The molecule has 0 bridgehead atoms. The summed E-state index contributed by atoms with van der Waals surface area (Å²) in [6.07, 6.45) is 2.85. The molecule has 0 aliphatic carbocycles. The molecule has 2 aromatic heterocycles. The average Bonchev–Trinajstić information content (AvgIpc) is 2.90. The second-order valence-electron chi connectivity index (χ2n) is 4.32. The number of H-pyrrole nitrogens is 1. The van der Waals surface area contributed by atoms with Crippen LogP contribution in [0.3, 0.4) is 0 Å². The van der Waals surface area contributed by atoms with Crippen molar-refractivity contribution in [3.8, 4) is 5.75 Å². The zero-order valence-electron chi connectivity index (χ0n) is 10.5. The summed E-state index contributed by atoms with van der Waals surface area (Å²) in [6, 6.07) is 11.2. The van der Waals surface area contributed by atoms with Crippen LogP contribution in [0.15, 0.2) is 48.8 Å². The third-order valence-electron chi connectivity index (χ3n) is 3.21. The normalized spacial score (nSPS) is 12.5. The fourth-order valence-corrected chi connectivity index (χ4v) is 2.17. The Balaban J connectivity index is 2.00.